The molecular weight excluding hydrogens is 281 g/mol. The summed E-state index contributed by atoms with van der Waals surface area (Å²) in [5.41, 5.74) is 8.79. The smallest absolute Gasteiger partial charge is 0.184 e. The second kappa shape index (κ2) is 5.77. The number of hydrazone groups is 1. The van der Waals surface area contributed by atoms with Gasteiger partial charge in [0.25, 0.3) is 0 Å². The standard InChI is InChI=1S/C9H9BrFN3S/c10-4-7-2-1-6(3-8(7)11)5-13-14-9(12)15/h1-3,5H,4H2,(H3,12,14,15). The zero-order valence-corrected chi connectivity index (χ0v) is 10.1. The Labute approximate surface area is 101 Å². The normalized spacial score (nSPS) is 10.5. The zero-order valence-electron chi connectivity index (χ0n) is 7.71. The highest BCUT2D eigenvalue weighted by atomic mass is 79.9. The van der Waals surface area contributed by atoms with Gasteiger partial charge in [-0.15, -0.1) is 0 Å². The lowest BCUT2D eigenvalue weighted by Crippen LogP contribution is -2.23. The summed E-state index contributed by atoms with van der Waals surface area (Å²) in [5, 5.41) is 4.28. The highest BCUT2D eigenvalue weighted by Gasteiger charge is 2.00. The van der Waals surface area contributed by atoms with Crippen LogP contribution in [0, 0.1) is 5.82 Å². The molecule has 1 aromatic carbocycles. The molecule has 0 saturated carbocycles. The van der Waals surface area contributed by atoms with Crippen molar-refractivity contribution < 1.29 is 4.39 Å². The fraction of sp³-hybridized carbons (Fsp3) is 0.111. The molecule has 0 aliphatic heterocycles. The Morgan fingerprint density at radius 2 is 2.40 bits per heavy atom. The first-order chi connectivity index (χ1) is 7.13. The van der Waals surface area contributed by atoms with Gasteiger partial charge in [0, 0.05) is 5.33 Å². The molecule has 6 heteroatoms. The topological polar surface area (TPSA) is 50.4 Å². The maximum atomic E-state index is 13.3. The summed E-state index contributed by atoms with van der Waals surface area (Å²) < 4.78 is 13.3. The Morgan fingerprint density at radius 3 is 2.93 bits per heavy atom. The number of alkyl halides is 1. The van der Waals surface area contributed by atoms with Gasteiger partial charge in [-0.3, -0.25) is 5.43 Å². The van der Waals surface area contributed by atoms with Gasteiger partial charge >= 0.3 is 0 Å². The van der Waals surface area contributed by atoms with Crippen molar-refractivity contribution in [3.05, 3.63) is 35.1 Å². The molecule has 80 valence electrons. The van der Waals surface area contributed by atoms with Crippen molar-refractivity contribution in [3.63, 3.8) is 0 Å². The molecule has 0 bridgehead atoms. The van der Waals surface area contributed by atoms with Crippen LogP contribution in [0.15, 0.2) is 23.3 Å². The maximum Gasteiger partial charge on any atom is 0.184 e. The molecule has 0 aliphatic rings. The molecule has 0 unspecified atom stereocenters. The number of nitrogens with zero attached hydrogens (tertiary/aromatic N) is 1. The summed E-state index contributed by atoms with van der Waals surface area (Å²) in [6.45, 7) is 0. The lowest BCUT2D eigenvalue weighted by atomic mass is 10.1. The summed E-state index contributed by atoms with van der Waals surface area (Å²) in [7, 11) is 0. The van der Waals surface area contributed by atoms with E-state index >= 15 is 0 Å². The van der Waals surface area contributed by atoms with Crippen LogP contribution in [0.2, 0.25) is 0 Å². The minimum absolute atomic E-state index is 0.0730. The molecule has 1 rings (SSSR count). The molecule has 0 saturated heterocycles. The first kappa shape index (κ1) is 12.1. The molecule has 0 heterocycles. The third kappa shape index (κ3) is 3.93. The van der Waals surface area contributed by atoms with E-state index in [-0.39, 0.29) is 10.9 Å². The van der Waals surface area contributed by atoms with E-state index in [1.807, 2.05) is 0 Å². The summed E-state index contributed by atoms with van der Waals surface area (Å²) in [5.74, 6) is -0.272. The average molecular weight is 290 g/mol. The quantitative estimate of drug-likeness (QED) is 0.387. The van der Waals surface area contributed by atoms with Crippen LogP contribution in [0.3, 0.4) is 0 Å². The summed E-state index contributed by atoms with van der Waals surface area (Å²) in [4.78, 5) is 0. The number of nitrogens with one attached hydrogen (secondary N) is 1. The van der Waals surface area contributed by atoms with Gasteiger partial charge in [0.05, 0.1) is 6.21 Å². The van der Waals surface area contributed by atoms with Crippen molar-refractivity contribution in [2.24, 2.45) is 10.8 Å². The monoisotopic (exact) mass is 289 g/mol. The lowest BCUT2D eigenvalue weighted by molar-refractivity contribution is 0.617. The van der Waals surface area contributed by atoms with E-state index in [9.17, 15) is 4.39 Å². The fourth-order valence-corrected chi connectivity index (χ4v) is 1.43. The number of nitrogens with two attached hydrogens (primary N) is 1. The molecule has 1 aromatic rings. The third-order valence-corrected chi connectivity index (χ3v) is 2.30. The maximum absolute atomic E-state index is 13.3. The van der Waals surface area contributed by atoms with Crippen LogP contribution in [0.4, 0.5) is 4.39 Å². The van der Waals surface area contributed by atoms with E-state index in [1.165, 1.54) is 12.3 Å². The highest BCUT2D eigenvalue weighted by Crippen LogP contribution is 2.12. The Bertz CT molecular complexity index is 395. The van der Waals surface area contributed by atoms with Gasteiger partial charge in [-0.1, -0.05) is 28.1 Å². The highest BCUT2D eigenvalue weighted by molar-refractivity contribution is 9.08. The van der Waals surface area contributed by atoms with Crippen molar-refractivity contribution in [2.45, 2.75) is 5.33 Å². The van der Waals surface area contributed by atoms with E-state index in [2.05, 4.69) is 38.7 Å². The van der Waals surface area contributed by atoms with Crippen LogP contribution >= 0.6 is 28.1 Å². The Kier molecular flexibility index (Phi) is 4.64. The van der Waals surface area contributed by atoms with Crippen LogP contribution in [-0.2, 0) is 5.33 Å². The minimum Gasteiger partial charge on any atom is -0.375 e. The molecule has 0 spiro atoms. The van der Waals surface area contributed by atoms with Crippen LogP contribution in [-0.4, -0.2) is 11.3 Å². The van der Waals surface area contributed by atoms with Crippen LogP contribution in [0.25, 0.3) is 0 Å². The number of thiocarbonyl (C=S) groups is 1. The molecule has 0 fully saturated rings. The Hall–Kier alpha value is -1.01. The first-order valence-corrected chi connectivity index (χ1v) is 5.59. The van der Waals surface area contributed by atoms with E-state index < -0.39 is 0 Å². The van der Waals surface area contributed by atoms with Crippen LogP contribution < -0.4 is 11.2 Å². The minimum atomic E-state index is -0.272. The SMILES string of the molecule is NC(=S)NN=Cc1ccc(CBr)c(F)c1. The lowest BCUT2D eigenvalue weighted by Gasteiger charge is -1.99. The third-order valence-electron chi connectivity index (χ3n) is 1.61. The van der Waals surface area contributed by atoms with Crippen molar-refractivity contribution in [1.82, 2.24) is 5.43 Å². The number of halogens is 2. The Balaban J connectivity index is 2.75. The summed E-state index contributed by atoms with van der Waals surface area (Å²) in [6.07, 6.45) is 1.44. The van der Waals surface area contributed by atoms with Crippen LogP contribution in [0.5, 0.6) is 0 Å². The molecule has 0 atom stereocenters. The molecule has 0 aromatic heterocycles. The Morgan fingerprint density at radius 1 is 1.67 bits per heavy atom. The van der Waals surface area contributed by atoms with Gasteiger partial charge in [-0.2, -0.15) is 5.10 Å². The molecule has 0 aliphatic carbocycles. The number of hydrogen-bond acceptors (Lipinski definition) is 2. The number of benzene rings is 1. The number of hydrogen-bond donors (Lipinski definition) is 2. The van der Waals surface area contributed by atoms with Crippen LogP contribution in [0.1, 0.15) is 11.1 Å². The van der Waals surface area contributed by atoms with Gasteiger partial charge in [0.1, 0.15) is 5.82 Å². The fourth-order valence-electron chi connectivity index (χ4n) is 0.923. The van der Waals surface area contributed by atoms with Crippen molar-refractivity contribution in [3.8, 4) is 0 Å². The second-order valence-electron chi connectivity index (χ2n) is 2.72. The van der Waals surface area contributed by atoms with E-state index in [4.69, 9.17) is 5.73 Å². The van der Waals surface area contributed by atoms with Gasteiger partial charge in [-0.25, -0.2) is 4.39 Å². The average Bonchev–Trinajstić information content (AvgIpc) is 2.17. The van der Waals surface area contributed by atoms with Gasteiger partial charge < -0.3 is 5.73 Å². The van der Waals surface area contributed by atoms with Crippen molar-refractivity contribution in [2.75, 3.05) is 0 Å². The predicted molar refractivity (Wildman–Crippen MR) is 66.5 cm³/mol. The molecule has 15 heavy (non-hydrogen) atoms. The van der Waals surface area contributed by atoms with Gasteiger partial charge in [0.2, 0.25) is 0 Å². The zero-order chi connectivity index (χ0) is 11.3. The first-order valence-electron chi connectivity index (χ1n) is 4.06. The second-order valence-corrected chi connectivity index (χ2v) is 3.72. The van der Waals surface area contributed by atoms with E-state index in [1.54, 1.807) is 12.1 Å². The van der Waals surface area contributed by atoms with Crippen molar-refractivity contribution >= 4 is 39.5 Å². The van der Waals surface area contributed by atoms with Crippen molar-refractivity contribution in [1.29, 1.82) is 0 Å². The summed E-state index contributed by atoms with van der Waals surface area (Å²) in [6, 6.07) is 4.83. The molecule has 3 nitrogen and oxygen atoms in total. The molecule has 0 amide bonds. The van der Waals surface area contributed by atoms with E-state index in [0.717, 1.165) is 0 Å². The van der Waals surface area contributed by atoms with Gasteiger partial charge in [0.15, 0.2) is 5.11 Å². The summed E-state index contributed by atoms with van der Waals surface area (Å²) >= 11 is 7.73. The van der Waals surface area contributed by atoms with E-state index in [0.29, 0.717) is 16.5 Å². The number of rotatable bonds is 3. The molecular formula is C9H9BrFN3S. The molecule has 0 radical (unpaired) electrons. The molecule has 3 N–H and O–H groups in total. The van der Waals surface area contributed by atoms with Gasteiger partial charge in [-0.05, 0) is 29.4 Å². The largest absolute Gasteiger partial charge is 0.375 e. The predicted octanol–water partition coefficient (Wildman–Crippen LogP) is 1.89.